The molecule has 0 amide bonds. The zero-order chi connectivity index (χ0) is 12.5. The van der Waals surface area contributed by atoms with E-state index in [1.807, 2.05) is 12.1 Å². The van der Waals surface area contributed by atoms with Gasteiger partial charge in [-0.25, -0.2) is 0 Å². The number of fused-ring (bicyclic) bond motifs is 3. The van der Waals surface area contributed by atoms with Gasteiger partial charge in [-0.2, -0.15) is 0 Å². The van der Waals surface area contributed by atoms with Crippen LogP contribution in [0.4, 0.5) is 0 Å². The maximum atomic E-state index is 11.0. The van der Waals surface area contributed by atoms with Gasteiger partial charge in [0, 0.05) is 10.5 Å². The summed E-state index contributed by atoms with van der Waals surface area (Å²) in [5.41, 5.74) is 1.04. The summed E-state index contributed by atoms with van der Waals surface area (Å²) in [5.74, 6) is 1.81. The third kappa shape index (κ3) is 2.03. The third-order valence-electron chi connectivity index (χ3n) is 3.32. The molecule has 2 aliphatic rings. The predicted octanol–water partition coefficient (Wildman–Crippen LogP) is 2.86. The molecule has 2 heterocycles. The van der Waals surface area contributed by atoms with Crippen LogP contribution >= 0.6 is 11.8 Å². The molecule has 1 aromatic carbocycles. The first-order chi connectivity index (χ1) is 8.75. The molecule has 18 heavy (non-hydrogen) atoms. The largest absolute Gasteiger partial charge is 0.481 e. The Morgan fingerprint density at radius 3 is 3.17 bits per heavy atom. The molecule has 4 nitrogen and oxygen atoms in total. The van der Waals surface area contributed by atoms with Gasteiger partial charge in [-0.3, -0.25) is 4.79 Å². The molecule has 0 spiro atoms. The van der Waals surface area contributed by atoms with Gasteiger partial charge in [-0.15, -0.1) is 11.8 Å². The average molecular weight is 266 g/mol. The Labute approximate surface area is 109 Å². The fourth-order valence-corrected chi connectivity index (χ4v) is 3.67. The van der Waals surface area contributed by atoms with E-state index in [4.69, 9.17) is 14.6 Å². The smallest absolute Gasteiger partial charge is 0.303 e. The maximum Gasteiger partial charge on any atom is 0.303 e. The van der Waals surface area contributed by atoms with E-state index >= 15 is 0 Å². The Morgan fingerprint density at radius 1 is 1.44 bits per heavy atom. The Bertz CT molecular complexity index is 486. The summed E-state index contributed by atoms with van der Waals surface area (Å²) in [6, 6.07) is 3.94. The third-order valence-corrected chi connectivity index (χ3v) is 4.48. The Hall–Kier alpha value is -1.36. The van der Waals surface area contributed by atoms with Crippen molar-refractivity contribution in [2.45, 2.75) is 30.1 Å². The van der Waals surface area contributed by atoms with Crippen LogP contribution in [0, 0.1) is 0 Å². The van der Waals surface area contributed by atoms with Gasteiger partial charge < -0.3 is 14.6 Å². The highest BCUT2D eigenvalue weighted by Gasteiger charge is 2.29. The van der Waals surface area contributed by atoms with Crippen molar-refractivity contribution in [3.63, 3.8) is 0 Å². The lowest BCUT2D eigenvalue weighted by atomic mass is 9.90. The summed E-state index contributed by atoms with van der Waals surface area (Å²) in [4.78, 5) is 12.2. The first-order valence-electron chi connectivity index (χ1n) is 6.03. The molecule has 96 valence electrons. The number of hydrogen-bond donors (Lipinski definition) is 1. The maximum absolute atomic E-state index is 11.0. The minimum atomic E-state index is -0.755. The molecular formula is C13H14O4S. The number of carboxylic acid groups (broad SMARTS) is 1. The van der Waals surface area contributed by atoms with Crippen LogP contribution in [0.1, 0.15) is 30.7 Å². The van der Waals surface area contributed by atoms with Crippen LogP contribution in [0.5, 0.6) is 11.5 Å². The highest BCUT2D eigenvalue weighted by molar-refractivity contribution is 7.99. The van der Waals surface area contributed by atoms with Crippen molar-refractivity contribution in [1.82, 2.24) is 0 Å². The summed E-state index contributed by atoms with van der Waals surface area (Å²) < 4.78 is 10.9. The average Bonchev–Trinajstić information content (AvgIpc) is 2.72. The van der Waals surface area contributed by atoms with Gasteiger partial charge in [0.2, 0.25) is 6.79 Å². The van der Waals surface area contributed by atoms with Crippen LogP contribution in [-0.2, 0) is 4.79 Å². The van der Waals surface area contributed by atoms with Crippen molar-refractivity contribution < 1.29 is 19.4 Å². The first kappa shape index (κ1) is 11.7. The molecule has 1 atom stereocenters. The number of hydrogen-bond acceptors (Lipinski definition) is 4. The highest BCUT2D eigenvalue weighted by atomic mass is 32.2. The Balaban J connectivity index is 2.06. The van der Waals surface area contributed by atoms with Crippen LogP contribution < -0.4 is 9.47 Å². The van der Waals surface area contributed by atoms with Crippen molar-refractivity contribution in [2.24, 2.45) is 0 Å². The van der Waals surface area contributed by atoms with Gasteiger partial charge >= 0.3 is 5.97 Å². The number of benzene rings is 1. The minimum Gasteiger partial charge on any atom is -0.481 e. The predicted molar refractivity (Wildman–Crippen MR) is 67.5 cm³/mol. The standard InChI is InChI=1S/C13H14O4S/c14-11(15)6-8-2-1-5-18-10-4-3-9-13(12(8)10)17-7-16-9/h3-4,8H,1-2,5-7H2,(H,14,15). The van der Waals surface area contributed by atoms with Crippen molar-refractivity contribution in [3.05, 3.63) is 17.7 Å². The number of carboxylic acids is 1. The van der Waals surface area contributed by atoms with Crippen LogP contribution in [0.2, 0.25) is 0 Å². The van der Waals surface area contributed by atoms with Gasteiger partial charge in [-0.1, -0.05) is 0 Å². The molecule has 0 aromatic heterocycles. The van der Waals surface area contributed by atoms with E-state index in [-0.39, 0.29) is 19.1 Å². The zero-order valence-corrected chi connectivity index (χ0v) is 10.7. The summed E-state index contributed by atoms with van der Waals surface area (Å²) in [5, 5.41) is 9.05. The second kappa shape index (κ2) is 4.72. The molecule has 1 unspecified atom stereocenters. The number of ether oxygens (including phenoxy) is 2. The lowest BCUT2D eigenvalue weighted by Crippen LogP contribution is -2.07. The normalized spacial score (nSPS) is 21.2. The molecule has 0 fully saturated rings. The Morgan fingerprint density at radius 2 is 2.33 bits per heavy atom. The molecule has 0 aliphatic carbocycles. The van der Waals surface area contributed by atoms with Crippen LogP contribution in [0.15, 0.2) is 17.0 Å². The number of aliphatic carboxylic acids is 1. The molecular weight excluding hydrogens is 252 g/mol. The van der Waals surface area contributed by atoms with Crippen molar-refractivity contribution in [1.29, 1.82) is 0 Å². The monoisotopic (exact) mass is 266 g/mol. The molecule has 0 bridgehead atoms. The van der Waals surface area contributed by atoms with E-state index < -0.39 is 5.97 Å². The SMILES string of the molecule is O=C(O)CC1CCCSc2ccc3c(c21)OCO3. The molecule has 5 heteroatoms. The molecule has 0 saturated heterocycles. The van der Waals surface area contributed by atoms with E-state index in [1.54, 1.807) is 11.8 Å². The van der Waals surface area contributed by atoms with Crippen LogP contribution in [0.3, 0.4) is 0 Å². The van der Waals surface area contributed by atoms with E-state index in [1.165, 1.54) is 0 Å². The highest BCUT2D eigenvalue weighted by Crippen LogP contribution is 2.48. The molecule has 2 aliphatic heterocycles. The Kier molecular flexibility index (Phi) is 3.07. The molecule has 3 rings (SSSR count). The minimum absolute atomic E-state index is 0.0316. The van der Waals surface area contributed by atoms with Crippen LogP contribution in [0.25, 0.3) is 0 Å². The lowest BCUT2D eigenvalue weighted by molar-refractivity contribution is -0.137. The van der Waals surface area contributed by atoms with E-state index in [9.17, 15) is 4.79 Å². The van der Waals surface area contributed by atoms with Gasteiger partial charge in [0.05, 0.1) is 6.42 Å². The van der Waals surface area contributed by atoms with Crippen molar-refractivity contribution in [2.75, 3.05) is 12.5 Å². The van der Waals surface area contributed by atoms with E-state index in [0.29, 0.717) is 0 Å². The molecule has 0 saturated carbocycles. The van der Waals surface area contributed by atoms with Gasteiger partial charge in [0.15, 0.2) is 11.5 Å². The number of carbonyl (C=O) groups is 1. The van der Waals surface area contributed by atoms with Crippen molar-refractivity contribution in [3.8, 4) is 11.5 Å². The topological polar surface area (TPSA) is 55.8 Å². The second-order valence-electron chi connectivity index (χ2n) is 4.50. The second-order valence-corrected chi connectivity index (χ2v) is 5.63. The van der Waals surface area contributed by atoms with E-state index in [2.05, 4.69) is 0 Å². The molecule has 0 radical (unpaired) electrons. The molecule has 1 N–H and O–H groups in total. The number of rotatable bonds is 2. The van der Waals surface area contributed by atoms with Gasteiger partial charge in [0.25, 0.3) is 0 Å². The van der Waals surface area contributed by atoms with Crippen LogP contribution in [-0.4, -0.2) is 23.6 Å². The summed E-state index contributed by atoms with van der Waals surface area (Å²) in [6.45, 7) is 0.232. The van der Waals surface area contributed by atoms with Gasteiger partial charge in [-0.05, 0) is 36.6 Å². The van der Waals surface area contributed by atoms with Gasteiger partial charge in [0.1, 0.15) is 0 Å². The fraction of sp³-hybridized carbons (Fsp3) is 0.462. The first-order valence-corrected chi connectivity index (χ1v) is 7.01. The van der Waals surface area contributed by atoms with E-state index in [0.717, 1.165) is 40.6 Å². The summed E-state index contributed by atoms with van der Waals surface area (Å²) in [7, 11) is 0. The zero-order valence-electron chi connectivity index (χ0n) is 9.85. The quantitative estimate of drug-likeness (QED) is 0.892. The lowest BCUT2D eigenvalue weighted by Gasteiger charge is -2.17. The summed E-state index contributed by atoms with van der Waals surface area (Å²) >= 11 is 1.78. The van der Waals surface area contributed by atoms with Crippen molar-refractivity contribution >= 4 is 17.7 Å². The number of thioether (sulfide) groups is 1. The fourth-order valence-electron chi connectivity index (χ4n) is 2.56. The molecule has 1 aromatic rings. The summed E-state index contributed by atoms with van der Waals surface area (Å²) in [6.07, 6.45) is 2.09.